The number of aliphatic hydroxyl groups excluding tert-OH is 2. The first-order valence-electron chi connectivity index (χ1n) is 30.3. The summed E-state index contributed by atoms with van der Waals surface area (Å²) < 4.78 is 5.69. The number of ether oxygens (including phenoxy) is 1. The van der Waals surface area contributed by atoms with Crippen molar-refractivity contribution in [3.63, 3.8) is 0 Å². The number of amides is 8. The molecule has 26 heteroatoms. The van der Waals surface area contributed by atoms with Gasteiger partial charge in [0.2, 0.25) is 41.4 Å². The van der Waals surface area contributed by atoms with E-state index in [2.05, 4.69) is 52.5 Å². The van der Waals surface area contributed by atoms with Gasteiger partial charge in [-0.1, -0.05) is 104 Å². The lowest BCUT2D eigenvalue weighted by Crippen LogP contribution is -2.61. The van der Waals surface area contributed by atoms with Gasteiger partial charge in [-0.15, -0.1) is 0 Å². The fraction of sp³-hybridized carbons (Fsp3) is 0.556. The summed E-state index contributed by atoms with van der Waals surface area (Å²) in [6, 6.07) is 4.65. The van der Waals surface area contributed by atoms with Crippen LogP contribution in [0.5, 0.6) is 0 Å². The molecule has 2 aliphatic carbocycles. The molecule has 14 N–H and O–H groups in total. The first kappa shape index (κ1) is 71.2. The quantitative estimate of drug-likeness (QED) is 0.0228. The Morgan fingerprint density at radius 3 is 1.60 bits per heavy atom. The van der Waals surface area contributed by atoms with Crippen molar-refractivity contribution in [1.82, 2.24) is 52.5 Å². The number of carboxylic acids is 1. The van der Waals surface area contributed by atoms with E-state index in [4.69, 9.17) is 10.5 Å². The van der Waals surface area contributed by atoms with Crippen molar-refractivity contribution >= 4 is 65.0 Å². The number of ketones is 2. The number of Topliss-reactive ketones (excluding diaryl/α,β-unsaturated/α-hetero) is 2. The highest BCUT2D eigenvalue weighted by Crippen LogP contribution is 2.44. The largest absolute Gasteiger partial charge is 0.480 e. The maximum Gasteiger partial charge on any atom is 0.407 e. The van der Waals surface area contributed by atoms with E-state index in [1.165, 1.54) is 12.5 Å². The molecule has 486 valence electrons. The van der Waals surface area contributed by atoms with E-state index in [1.807, 2.05) is 76.2 Å². The molecule has 0 aliphatic heterocycles. The minimum absolute atomic E-state index is 0.0350. The lowest BCUT2D eigenvalue weighted by molar-refractivity contribution is -0.143. The highest BCUT2D eigenvalue weighted by atomic mass is 16.5. The van der Waals surface area contributed by atoms with Gasteiger partial charge < -0.3 is 73.3 Å². The third-order valence-electron chi connectivity index (χ3n) is 15.2. The van der Waals surface area contributed by atoms with Crippen LogP contribution in [0.15, 0.2) is 72.3 Å². The van der Waals surface area contributed by atoms with Crippen LogP contribution in [0.1, 0.15) is 142 Å². The predicted molar refractivity (Wildman–Crippen MR) is 326 cm³/mol. The number of nitrogens with zero attached hydrogens (tertiary/aromatic N) is 1. The van der Waals surface area contributed by atoms with Crippen molar-refractivity contribution in [3.8, 4) is 11.1 Å². The normalized spacial score (nSPS) is 15.9. The Morgan fingerprint density at radius 1 is 0.629 bits per heavy atom. The molecule has 2 aliphatic rings. The molecule has 7 unspecified atom stereocenters. The Balaban J connectivity index is 1.33. The SMILES string of the molecule is CC(C)CC(NCCCCC(NC(=O)C(CO)NC(=O)C(CO)NC(=O)C(Cc1c[nH]cn1)NC(=O)OCC1c2ccccc2-c2ccccc21)C(=O)NC(CC(C)C)C(=O)NC(CCC(N)=O)C(=O)NC(CC(C)C)C(=O)O)=C1C(=O)CC(C)(C)CC1=O. The first-order chi connectivity index (χ1) is 42.1. The first-order valence-corrected chi connectivity index (χ1v) is 30.3. The highest BCUT2D eigenvalue weighted by Gasteiger charge is 2.39. The zero-order chi connectivity index (χ0) is 65.7. The maximum atomic E-state index is 14.5. The summed E-state index contributed by atoms with van der Waals surface area (Å²) in [6.07, 6.45) is 2.08. The van der Waals surface area contributed by atoms with Crippen LogP contribution in [-0.4, -0.2) is 159 Å². The minimum atomic E-state index is -1.82. The summed E-state index contributed by atoms with van der Waals surface area (Å²) in [5.41, 5.74) is 9.75. The van der Waals surface area contributed by atoms with Gasteiger partial charge in [0.25, 0.3) is 0 Å². The summed E-state index contributed by atoms with van der Waals surface area (Å²) >= 11 is 0. The van der Waals surface area contributed by atoms with Crippen LogP contribution >= 0.6 is 0 Å². The number of carbonyl (C=O) groups excluding carboxylic acids is 10. The van der Waals surface area contributed by atoms with Gasteiger partial charge in [0.15, 0.2) is 11.6 Å². The number of nitrogens with two attached hydrogens (primary N) is 1. The van der Waals surface area contributed by atoms with Crippen molar-refractivity contribution in [2.75, 3.05) is 26.4 Å². The topological polar surface area (TPSA) is 409 Å². The Hall–Kier alpha value is -8.52. The number of hydrogen-bond donors (Lipinski definition) is 13. The van der Waals surface area contributed by atoms with Gasteiger partial charge in [-0.2, -0.15) is 0 Å². The lowest BCUT2D eigenvalue weighted by atomic mass is 9.73. The maximum absolute atomic E-state index is 14.5. The number of unbranched alkanes of at least 4 members (excludes halogenated alkanes) is 1. The Labute approximate surface area is 518 Å². The third kappa shape index (κ3) is 21.6. The molecule has 1 saturated carbocycles. The van der Waals surface area contributed by atoms with Gasteiger partial charge in [0, 0.05) is 50.0 Å². The van der Waals surface area contributed by atoms with Crippen molar-refractivity contribution in [2.24, 2.45) is 28.9 Å². The molecule has 7 atom stereocenters. The van der Waals surface area contributed by atoms with Crippen molar-refractivity contribution in [1.29, 1.82) is 0 Å². The number of aromatic nitrogens is 2. The third-order valence-corrected chi connectivity index (χ3v) is 15.2. The summed E-state index contributed by atoms with van der Waals surface area (Å²) in [7, 11) is 0. The number of imidazole rings is 1. The number of hydrogen-bond acceptors (Lipinski definition) is 16. The van der Waals surface area contributed by atoms with Crippen LogP contribution in [0.4, 0.5) is 4.79 Å². The zero-order valence-corrected chi connectivity index (χ0v) is 52.0. The predicted octanol–water partition coefficient (Wildman–Crippen LogP) is 2.21. The van der Waals surface area contributed by atoms with E-state index in [0.29, 0.717) is 24.2 Å². The number of carboxylic acid groups (broad SMARTS) is 1. The summed E-state index contributed by atoms with van der Waals surface area (Å²) in [4.78, 5) is 155. The number of aromatic amines is 1. The molecular formula is C63H89N11O15. The molecule has 0 radical (unpaired) electrons. The molecule has 8 amide bonds. The summed E-state index contributed by atoms with van der Waals surface area (Å²) in [5, 5.41) is 51.5. The Kier molecular flexibility index (Phi) is 27.0. The fourth-order valence-corrected chi connectivity index (χ4v) is 10.8. The van der Waals surface area contributed by atoms with Crippen LogP contribution in [0.25, 0.3) is 11.1 Å². The number of alkyl carbamates (subject to hydrolysis) is 1. The molecule has 1 aromatic heterocycles. The summed E-state index contributed by atoms with van der Waals surface area (Å²) in [6.45, 7) is 12.6. The summed E-state index contributed by atoms with van der Waals surface area (Å²) in [5.74, 6) is -9.34. The number of carbonyl (C=O) groups is 11. The molecule has 1 heterocycles. The monoisotopic (exact) mass is 1240 g/mol. The van der Waals surface area contributed by atoms with E-state index in [0.717, 1.165) is 22.3 Å². The van der Waals surface area contributed by atoms with Gasteiger partial charge in [-0.3, -0.25) is 43.2 Å². The second kappa shape index (κ2) is 33.7. The molecule has 2 aromatic carbocycles. The number of nitrogens with one attached hydrogen (secondary N) is 9. The number of aliphatic hydroxyl groups is 2. The number of aliphatic carboxylic acids is 1. The number of allylic oxidation sites excluding steroid dienone is 2. The van der Waals surface area contributed by atoms with E-state index in [9.17, 15) is 68.1 Å². The van der Waals surface area contributed by atoms with Gasteiger partial charge in [-0.05, 0) is 90.4 Å². The van der Waals surface area contributed by atoms with Crippen LogP contribution in [0.2, 0.25) is 0 Å². The fourth-order valence-electron chi connectivity index (χ4n) is 10.8. The molecule has 26 nitrogen and oxygen atoms in total. The van der Waals surface area contributed by atoms with Crippen molar-refractivity contribution in [2.45, 2.75) is 174 Å². The highest BCUT2D eigenvalue weighted by molar-refractivity contribution is 6.22. The van der Waals surface area contributed by atoms with Crippen molar-refractivity contribution in [3.05, 3.63) is 89.1 Å². The number of rotatable bonds is 35. The van der Waals surface area contributed by atoms with Crippen LogP contribution < -0.4 is 48.3 Å². The number of benzene rings is 2. The van der Waals surface area contributed by atoms with Gasteiger partial charge in [0.1, 0.15) is 48.9 Å². The smallest absolute Gasteiger partial charge is 0.407 e. The molecule has 0 saturated heterocycles. The Bertz CT molecular complexity index is 2970. The molecule has 1 fully saturated rings. The average molecular weight is 1240 g/mol. The molecule has 0 bridgehead atoms. The lowest BCUT2D eigenvalue weighted by Gasteiger charge is -2.30. The number of primary amides is 1. The minimum Gasteiger partial charge on any atom is -0.480 e. The van der Waals surface area contributed by atoms with Crippen LogP contribution in [0.3, 0.4) is 0 Å². The van der Waals surface area contributed by atoms with Gasteiger partial charge in [-0.25, -0.2) is 14.6 Å². The Morgan fingerprint density at radius 2 is 1.10 bits per heavy atom. The van der Waals surface area contributed by atoms with Crippen LogP contribution in [-0.2, 0) is 59.1 Å². The molecule has 3 aromatic rings. The molecule has 5 rings (SSSR count). The van der Waals surface area contributed by atoms with E-state index < -0.39 is 114 Å². The second-order valence-electron chi connectivity index (χ2n) is 24.9. The van der Waals surface area contributed by atoms with E-state index >= 15 is 0 Å². The zero-order valence-electron chi connectivity index (χ0n) is 52.0. The number of fused-ring (bicyclic) bond motifs is 3. The average Bonchev–Trinajstić information content (AvgIpc) is 2.03. The number of H-pyrrole nitrogens is 1. The van der Waals surface area contributed by atoms with Crippen molar-refractivity contribution < 1.29 is 72.8 Å². The van der Waals surface area contributed by atoms with E-state index in [-0.39, 0.29) is 112 Å². The molecular weight excluding hydrogens is 1150 g/mol. The van der Waals surface area contributed by atoms with Gasteiger partial charge >= 0.3 is 12.1 Å². The second-order valence-corrected chi connectivity index (χ2v) is 24.9. The van der Waals surface area contributed by atoms with Gasteiger partial charge in [0.05, 0.1) is 30.8 Å². The molecule has 0 spiro atoms. The molecule has 89 heavy (non-hydrogen) atoms. The van der Waals surface area contributed by atoms with E-state index in [1.54, 1.807) is 27.7 Å². The van der Waals surface area contributed by atoms with Crippen LogP contribution in [0, 0.1) is 23.2 Å². The standard InChI is InChI=1S/C63H89N11O15/c1-34(2)23-45(54-51(77)27-63(7,8)28-52(54)78)66-22-14-13-19-43(55(80)70-46(24-35(3)4)57(82)69-44(20-21-53(64)79)56(81)71-48(61(86)87)25-36(5)6)68-59(84)49(30-75)73-60(85)50(31-76)72-58(83)47(26-37-29-65-33-67-37)74-62(88)89-32-42-40-17-11-9-15-38(40)39-16-10-12-18-41(39)42/h9-12,15-18,29,33-36,42-44,46-50,66,75-76H,13-14,19-28,30-32H2,1-8H3,(H2,64,79)(H,65,67)(H,68,84)(H,69,82)(H,70,80)(H,71,81)(H,72,83)(H,73,85)(H,74,88)(H,86,87).